The van der Waals surface area contributed by atoms with Crippen molar-refractivity contribution in [2.24, 2.45) is 5.41 Å². The second-order valence-corrected chi connectivity index (χ2v) is 6.46. The largest absolute Gasteiger partial charge is 0.494 e. The van der Waals surface area contributed by atoms with E-state index in [2.05, 4.69) is 15.9 Å². The molecule has 0 aliphatic carbocycles. The molecule has 2 aliphatic rings. The van der Waals surface area contributed by atoms with E-state index in [1.165, 1.54) is 0 Å². The van der Waals surface area contributed by atoms with Crippen molar-refractivity contribution in [2.75, 3.05) is 6.61 Å². The van der Waals surface area contributed by atoms with E-state index in [1.54, 1.807) is 0 Å². The average molecular weight is 341 g/mol. The number of carbonyl (C=O) groups is 1. The molecule has 1 N–H and O–H groups in total. The average Bonchev–Trinajstić information content (AvgIpc) is 3.02. The van der Waals surface area contributed by atoms with Gasteiger partial charge >= 0.3 is 5.97 Å². The van der Waals surface area contributed by atoms with E-state index < -0.39 is 11.4 Å². The topological polar surface area (TPSA) is 55.8 Å². The Balaban J connectivity index is 1.61. The molecule has 2 heterocycles. The van der Waals surface area contributed by atoms with Crippen LogP contribution < -0.4 is 4.74 Å². The van der Waals surface area contributed by atoms with Gasteiger partial charge in [-0.1, -0.05) is 15.9 Å². The highest BCUT2D eigenvalue weighted by Gasteiger charge is 2.57. The summed E-state index contributed by atoms with van der Waals surface area (Å²) in [5, 5.41) is 9.58. The molecule has 0 spiro atoms. The van der Waals surface area contributed by atoms with Gasteiger partial charge in [-0.25, -0.2) is 0 Å². The number of ether oxygens (including phenoxy) is 2. The van der Waals surface area contributed by atoms with E-state index in [-0.39, 0.29) is 12.2 Å². The first-order chi connectivity index (χ1) is 9.60. The third-order valence-corrected chi connectivity index (χ3v) is 4.90. The van der Waals surface area contributed by atoms with Gasteiger partial charge in [0.15, 0.2) is 0 Å². The van der Waals surface area contributed by atoms with Crippen LogP contribution in [0.25, 0.3) is 0 Å². The Morgan fingerprint density at radius 2 is 2.15 bits per heavy atom. The van der Waals surface area contributed by atoms with E-state index in [4.69, 9.17) is 9.47 Å². The van der Waals surface area contributed by atoms with Crippen molar-refractivity contribution in [3.63, 3.8) is 0 Å². The smallest absolute Gasteiger partial charge is 0.312 e. The molecule has 3 unspecified atom stereocenters. The van der Waals surface area contributed by atoms with Gasteiger partial charge in [0.1, 0.15) is 5.75 Å². The minimum absolute atomic E-state index is 0.129. The molecular weight excluding hydrogens is 324 g/mol. The molecule has 20 heavy (non-hydrogen) atoms. The molecule has 2 aliphatic heterocycles. The van der Waals surface area contributed by atoms with Crippen LogP contribution in [0, 0.1) is 5.41 Å². The molecule has 0 amide bonds. The fourth-order valence-corrected chi connectivity index (χ4v) is 3.54. The first kappa shape index (κ1) is 13.9. The van der Waals surface area contributed by atoms with Gasteiger partial charge in [0.25, 0.3) is 0 Å². The quantitative estimate of drug-likeness (QED) is 0.893. The fourth-order valence-electron chi connectivity index (χ4n) is 3.28. The molecule has 2 saturated heterocycles. The summed E-state index contributed by atoms with van der Waals surface area (Å²) in [6.07, 6.45) is 2.96. The summed E-state index contributed by atoms with van der Waals surface area (Å²) < 4.78 is 12.4. The number of benzene rings is 1. The molecule has 5 heteroatoms. The van der Waals surface area contributed by atoms with Crippen molar-refractivity contribution >= 4 is 21.9 Å². The molecule has 0 aromatic heterocycles. The standard InChI is InChI=1S/C15H17BrO4/c16-10-1-3-11(4-2-10)19-8-7-15(14(17)18)9-12-5-6-13(15)20-12/h1-4,12-13H,5-9H2,(H,17,18). The Labute approximate surface area is 126 Å². The lowest BCUT2D eigenvalue weighted by Gasteiger charge is -2.30. The van der Waals surface area contributed by atoms with Gasteiger partial charge in [0, 0.05) is 10.9 Å². The number of halogens is 1. The molecule has 0 saturated carbocycles. The first-order valence-corrected chi connectivity index (χ1v) is 7.67. The minimum Gasteiger partial charge on any atom is -0.494 e. The summed E-state index contributed by atoms with van der Waals surface area (Å²) >= 11 is 3.37. The Bertz CT molecular complexity index is 501. The van der Waals surface area contributed by atoms with Crippen LogP contribution in [0.3, 0.4) is 0 Å². The van der Waals surface area contributed by atoms with Crippen LogP contribution in [0.4, 0.5) is 0 Å². The van der Waals surface area contributed by atoms with Crippen LogP contribution in [0.15, 0.2) is 28.7 Å². The Morgan fingerprint density at radius 3 is 2.70 bits per heavy atom. The lowest BCUT2D eigenvalue weighted by atomic mass is 9.72. The van der Waals surface area contributed by atoms with Crippen molar-refractivity contribution in [1.29, 1.82) is 0 Å². The Kier molecular flexibility index (Phi) is 3.73. The van der Waals surface area contributed by atoms with Crippen molar-refractivity contribution < 1.29 is 19.4 Å². The van der Waals surface area contributed by atoms with Crippen LogP contribution in [-0.2, 0) is 9.53 Å². The highest BCUT2D eigenvalue weighted by molar-refractivity contribution is 9.10. The number of rotatable bonds is 5. The molecule has 2 bridgehead atoms. The summed E-state index contributed by atoms with van der Waals surface area (Å²) in [4.78, 5) is 11.7. The molecule has 4 nitrogen and oxygen atoms in total. The van der Waals surface area contributed by atoms with Gasteiger partial charge in [0.05, 0.1) is 24.2 Å². The molecule has 1 aromatic carbocycles. The second kappa shape index (κ2) is 5.37. The van der Waals surface area contributed by atoms with E-state index in [9.17, 15) is 9.90 Å². The maximum atomic E-state index is 11.7. The zero-order chi connectivity index (χ0) is 14.2. The molecule has 1 aromatic rings. The van der Waals surface area contributed by atoms with Crippen LogP contribution in [0.5, 0.6) is 5.75 Å². The van der Waals surface area contributed by atoms with Gasteiger partial charge < -0.3 is 14.6 Å². The maximum absolute atomic E-state index is 11.7. The number of fused-ring (bicyclic) bond motifs is 2. The third-order valence-electron chi connectivity index (χ3n) is 4.37. The second-order valence-electron chi connectivity index (χ2n) is 5.54. The summed E-state index contributed by atoms with van der Waals surface area (Å²) in [5.41, 5.74) is -0.752. The maximum Gasteiger partial charge on any atom is 0.312 e. The van der Waals surface area contributed by atoms with E-state index in [0.29, 0.717) is 19.4 Å². The molecule has 108 valence electrons. The Morgan fingerprint density at radius 1 is 1.40 bits per heavy atom. The van der Waals surface area contributed by atoms with Gasteiger partial charge in [-0.2, -0.15) is 0 Å². The number of hydrogen-bond donors (Lipinski definition) is 1. The number of hydrogen-bond acceptors (Lipinski definition) is 3. The summed E-state index contributed by atoms with van der Waals surface area (Å²) in [5.74, 6) is 0.0157. The number of carboxylic acids is 1. The van der Waals surface area contributed by atoms with Crippen molar-refractivity contribution in [3.8, 4) is 5.75 Å². The molecular formula is C15H17BrO4. The van der Waals surface area contributed by atoms with Crippen molar-refractivity contribution in [2.45, 2.75) is 37.9 Å². The zero-order valence-corrected chi connectivity index (χ0v) is 12.6. The fraction of sp³-hybridized carbons (Fsp3) is 0.533. The van der Waals surface area contributed by atoms with E-state index >= 15 is 0 Å². The monoisotopic (exact) mass is 340 g/mol. The predicted octanol–water partition coefficient (Wildman–Crippen LogP) is 3.24. The van der Waals surface area contributed by atoms with E-state index in [0.717, 1.165) is 23.1 Å². The van der Waals surface area contributed by atoms with Crippen molar-refractivity contribution in [3.05, 3.63) is 28.7 Å². The highest BCUT2D eigenvalue weighted by Crippen LogP contribution is 2.50. The zero-order valence-electron chi connectivity index (χ0n) is 11.0. The van der Waals surface area contributed by atoms with Crippen molar-refractivity contribution in [1.82, 2.24) is 0 Å². The molecule has 3 rings (SSSR count). The summed E-state index contributed by atoms with van der Waals surface area (Å²) in [7, 11) is 0. The minimum atomic E-state index is -0.752. The molecule has 3 atom stereocenters. The van der Waals surface area contributed by atoms with Gasteiger partial charge in [-0.05, 0) is 43.5 Å². The summed E-state index contributed by atoms with van der Waals surface area (Å²) in [6, 6.07) is 7.55. The van der Waals surface area contributed by atoms with Gasteiger partial charge in [-0.3, -0.25) is 4.79 Å². The van der Waals surface area contributed by atoms with Crippen LogP contribution in [-0.4, -0.2) is 29.9 Å². The third kappa shape index (κ3) is 2.44. The lowest BCUT2D eigenvalue weighted by Crippen LogP contribution is -2.41. The lowest BCUT2D eigenvalue weighted by molar-refractivity contribution is -0.153. The van der Waals surface area contributed by atoms with Gasteiger partial charge in [-0.15, -0.1) is 0 Å². The van der Waals surface area contributed by atoms with Crippen LogP contribution >= 0.6 is 15.9 Å². The summed E-state index contributed by atoms with van der Waals surface area (Å²) in [6.45, 7) is 0.403. The normalized spacial score (nSPS) is 31.4. The Hall–Kier alpha value is -1.07. The number of aliphatic carboxylic acids is 1. The van der Waals surface area contributed by atoms with Gasteiger partial charge in [0.2, 0.25) is 0 Å². The predicted molar refractivity (Wildman–Crippen MR) is 76.8 cm³/mol. The van der Waals surface area contributed by atoms with Crippen LogP contribution in [0.2, 0.25) is 0 Å². The first-order valence-electron chi connectivity index (χ1n) is 6.87. The van der Waals surface area contributed by atoms with E-state index in [1.807, 2.05) is 24.3 Å². The molecule has 2 fully saturated rings. The van der Waals surface area contributed by atoms with Crippen LogP contribution in [0.1, 0.15) is 25.7 Å². The number of carboxylic acid groups (broad SMARTS) is 1. The molecule has 0 radical (unpaired) electrons. The SMILES string of the molecule is O=C(O)C1(CCOc2ccc(Br)cc2)CC2CCC1O2. The highest BCUT2D eigenvalue weighted by atomic mass is 79.9.